The molecule has 0 N–H and O–H groups in total. The lowest BCUT2D eigenvalue weighted by molar-refractivity contribution is 0.854. The molecule has 1 atom stereocenters. The first-order valence-corrected chi connectivity index (χ1v) is 18.6. The van der Waals surface area contributed by atoms with Crippen LogP contribution in [0.25, 0.3) is 60.5 Å². The van der Waals surface area contributed by atoms with Crippen LogP contribution in [0.2, 0.25) is 0 Å². The maximum Gasteiger partial charge on any atom is 0.0554 e. The normalized spacial score (nSPS) is 13.7. The zero-order chi connectivity index (χ0) is 35.8. The van der Waals surface area contributed by atoms with Crippen LogP contribution in [0.4, 0.5) is 17.1 Å². The van der Waals surface area contributed by atoms with E-state index in [2.05, 4.69) is 216 Å². The maximum absolute atomic E-state index is 3.35. The minimum Gasteiger partial charge on any atom is -0.310 e. The molecule has 2 nitrogen and oxygen atoms in total. The van der Waals surface area contributed by atoms with Crippen LogP contribution >= 0.6 is 0 Å². The lowest BCUT2D eigenvalue weighted by Gasteiger charge is -2.28. The van der Waals surface area contributed by atoms with Crippen molar-refractivity contribution in [2.24, 2.45) is 0 Å². The maximum atomic E-state index is 3.35. The summed E-state index contributed by atoms with van der Waals surface area (Å²) < 4.78 is 2.39. The fourth-order valence-corrected chi connectivity index (χ4v) is 8.16. The van der Waals surface area contributed by atoms with Gasteiger partial charge in [0.2, 0.25) is 0 Å². The average molecular weight is 689 g/mol. The Morgan fingerprint density at radius 1 is 0.556 bits per heavy atom. The Labute approximate surface area is 316 Å². The van der Waals surface area contributed by atoms with Crippen molar-refractivity contribution < 1.29 is 0 Å². The third-order valence-electron chi connectivity index (χ3n) is 10.7. The van der Waals surface area contributed by atoms with Crippen LogP contribution in [0.15, 0.2) is 200 Å². The van der Waals surface area contributed by atoms with Crippen molar-refractivity contribution in [3.63, 3.8) is 0 Å². The molecule has 10 rings (SSSR count). The monoisotopic (exact) mass is 688 g/mol. The van der Waals surface area contributed by atoms with E-state index >= 15 is 0 Å². The Balaban J connectivity index is 1.19. The van der Waals surface area contributed by atoms with Gasteiger partial charge in [-0.3, -0.25) is 0 Å². The van der Waals surface area contributed by atoms with E-state index in [4.69, 9.17) is 0 Å². The second-order valence-electron chi connectivity index (χ2n) is 14.0. The second-order valence-corrected chi connectivity index (χ2v) is 14.0. The van der Waals surface area contributed by atoms with E-state index in [0.29, 0.717) is 5.92 Å². The summed E-state index contributed by atoms with van der Waals surface area (Å²) in [7, 11) is 0. The number of allylic oxidation sites excluding steroid dienone is 4. The number of benzene rings is 7. The van der Waals surface area contributed by atoms with Crippen LogP contribution in [0.1, 0.15) is 17.9 Å². The number of rotatable bonds is 7. The molecule has 0 saturated heterocycles. The van der Waals surface area contributed by atoms with E-state index in [-0.39, 0.29) is 0 Å². The molecule has 1 unspecified atom stereocenters. The molecule has 1 aliphatic rings. The zero-order valence-corrected chi connectivity index (χ0v) is 29.7. The fourth-order valence-electron chi connectivity index (χ4n) is 8.16. The molecule has 0 bridgehead atoms. The molecule has 2 heteroatoms. The van der Waals surface area contributed by atoms with Gasteiger partial charge in [-0.05, 0) is 118 Å². The van der Waals surface area contributed by atoms with Crippen molar-refractivity contribution in [3.05, 3.63) is 218 Å². The second kappa shape index (κ2) is 13.5. The first-order chi connectivity index (χ1) is 26.8. The van der Waals surface area contributed by atoms with Gasteiger partial charge in [-0.15, -0.1) is 0 Å². The highest BCUT2D eigenvalue weighted by atomic mass is 15.1. The van der Waals surface area contributed by atoms with Crippen molar-refractivity contribution in [1.29, 1.82) is 0 Å². The van der Waals surface area contributed by atoms with Gasteiger partial charge in [0.05, 0.1) is 11.0 Å². The smallest absolute Gasteiger partial charge is 0.0554 e. The molecular formula is C52H36N2. The zero-order valence-electron chi connectivity index (χ0n) is 29.7. The predicted octanol–water partition coefficient (Wildman–Crippen LogP) is 13.9. The minimum absolute atomic E-state index is 0.312. The van der Waals surface area contributed by atoms with Crippen LogP contribution in [0.3, 0.4) is 0 Å². The van der Waals surface area contributed by atoms with E-state index in [1.165, 1.54) is 44.1 Å². The number of aromatic nitrogens is 1. The molecular weight excluding hydrogens is 653 g/mol. The summed E-state index contributed by atoms with van der Waals surface area (Å²) in [6.07, 6.45) is 9.91. The summed E-state index contributed by atoms with van der Waals surface area (Å²) in [5.41, 5.74) is 12.9. The van der Waals surface area contributed by atoms with Gasteiger partial charge in [-0.1, -0.05) is 133 Å². The molecule has 0 radical (unpaired) electrons. The highest BCUT2D eigenvalue weighted by Gasteiger charge is 2.21. The molecule has 0 spiro atoms. The molecule has 0 aliphatic heterocycles. The van der Waals surface area contributed by atoms with E-state index in [1.807, 2.05) is 6.07 Å². The van der Waals surface area contributed by atoms with Crippen molar-refractivity contribution in [2.75, 3.05) is 4.90 Å². The molecule has 0 amide bonds. The highest BCUT2D eigenvalue weighted by molar-refractivity contribution is 6.18. The van der Waals surface area contributed by atoms with Gasteiger partial charge in [-0.2, -0.15) is 0 Å². The first-order valence-electron chi connectivity index (χ1n) is 18.6. The molecule has 54 heavy (non-hydrogen) atoms. The summed E-state index contributed by atoms with van der Waals surface area (Å²) >= 11 is 0. The van der Waals surface area contributed by atoms with Gasteiger partial charge in [-0.25, -0.2) is 0 Å². The lowest BCUT2D eigenvalue weighted by atomic mass is 9.89. The van der Waals surface area contributed by atoms with E-state index in [9.17, 15) is 0 Å². The van der Waals surface area contributed by atoms with Crippen molar-refractivity contribution in [2.45, 2.75) is 12.3 Å². The van der Waals surface area contributed by atoms with Crippen LogP contribution in [-0.2, 0) is 0 Å². The van der Waals surface area contributed by atoms with E-state index in [0.717, 1.165) is 45.5 Å². The minimum atomic E-state index is 0.312. The summed E-state index contributed by atoms with van der Waals surface area (Å²) in [4.78, 5) is 2.41. The largest absolute Gasteiger partial charge is 0.310 e. The summed E-state index contributed by atoms with van der Waals surface area (Å²) in [5, 5.41) is 4.67. The number of hydrogen-bond donors (Lipinski definition) is 0. The fraction of sp³-hybridized carbons (Fsp3) is 0.0385. The number of fused-ring (bicyclic) bond motifs is 4. The van der Waals surface area contributed by atoms with Crippen LogP contribution in [0.5, 0.6) is 0 Å². The van der Waals surface area contributed by atoms with Gasteiger partial charge in [0.1, 0.15) is 0 Å². The SMILES string of the molecule is c1ccc2cc3c4c(-c5cccc(N(c6ccccc6)c6cc(-c7ccccc7)cc(C7C=CC=CC7)c6)c5)cccc4n(-c4ccccc4)c3cc2c#1. The standard InChI is InChI=1S/C52H36N2/c1-5-17-37(18-6-1)42-31-43(38-19-7-2-8-20-38)34-47(33-42)53(44-24-9-3-10-25-44)46-28-15-23-41(32-46)48-29-16-30-50-52(48)49-35-39-21-13-14-22-40(39)36-51(49)54(50)45-26-11-4-12-27-45/h1-13,15-19,21,23-36,38H,20H2. The lowest BCUT2D eigenvalue weighted by Crippen LogP contribution is -2.11. The van der Waals surface area contributed by atoms with Crippen LogP contribution < -0.4 is 4.90 Å². The molecule has 0 fully saturated rings. The third kappa shape index (κ3) is 5.64. The molecule has 1 heterocycles. The quantitative estimate of drug-likeness (QED) is 0.162. The van der Waals surface area contributed by atoms with Gasteiger partial charge >= 0.3 is 0 Å². The predicted molar refractivity (Wildman–Crippen MR) is 227 cm³/mol. The van der Waals surface area contributed by atoms with Crippen LogP contribution in [0, 0.1) is 12.1 Å². The molecule has 0 saturated carbocycles. The number of para-hydroxylation sites is 2. The van der Waals surface area contributed by atoms with E-state index < -0.39 is 0 Å². The number of nitrogens with zero attached hydrogens (tertiary/aromatic N) is 2. The van der Waals surface area contributed by atoms with Gasteiger partial charge in [0.25, 0.3) is 0 Å². The molecule has 254 valence electrons. The summed E-state index contributed by atoms with van der Waals surface area (Å²) in [6.45, 7) is 0. The van der Waals surface area contributed by atoms with Crippen molar-refractivity contribution in [1.82, 2.24) is 4.57 Å². The van der Waals surface area contributed by atoms with Gasteiger partial charge in [0, 0.05) is 44.8 Å². The van der Waals surface area contributed by atoms with E-state index in [1.54, 1.807) is 0 Å². The Hall–Kier alpha value is -7.08. The van der Waals surface area contributed by atoms with Crippen LogP contribution in [-0.4, -0.2) is 4.57 Å². The first kappa shape index (κ1) is 31.6. The topological polar surface area (TPSA) is 8.17 Å². The molecule has 1 aromatic heterocycles. The van der Waals surface area contributed by atoms with Crippen molar-refractivity contribution in [3.8, 4) is 27.9 Å². The number of anilines is 3. The molecule has 9 aromatic rings. The summed E-state index contributed by atoms with van der Waals surface area (Å²) in [5.74, 6) is 0.312. The Morgan fingerprint density at radius 3 is 2.11 bits per heavy atom. The Morgan fingerprint density at radius 2 is 1.30 bits per heavy atom. The number of hydrogen-bond acceptors (Lipinski definition) is 1. The Bertz CT molecular complexity index is 2850. The van der Waals surface area contributed by atoms with Crippen molar-refractivity contribution >= 4 is 49.6 Å². The Kier molecular flexibility index (Phi) is 7.90. The highest BCUT2D eigenvalue weighted by Crippen LogP contribution is 2.44. The molecule has 8 aromatic carbocycles. The third-order valence-corrected chi connectivity index (χ3v) is 10.7. The molecule has 1 aliphatic carbocycles. The average Bonchev–Trinajstić information content (AvgIpc) is 3.57. The summed E-state index contributed by atoms with van der Waals surface area (Å²) in [6, 6.07) is 70.2. The van der Waals surface area contributed by atoms with Gasteiger partial charge in [0.15, 0.2) is 0 Å². The van der Waals surface area contributed by atoms with Gasteiger partial charge < -0.3 is 9.47 Å².